The minimum absolute atomic E-state index is 0.0837. The Morgan fingerprint density at radius 2 is 1.88 bits per heavy atom. The summed E-state index contributed by atoms with van der Waals surface area (Å²) < 4.78 is 44.9. The normalized spacial score (nSPS) is 21.8. The number of anilines is 1. The van der Waals surface area contributed by atoms with Crippen molar-refractivity contribution in [3.63, 3.8) is 0 Å². The first kappa shape index (κ1) is 22.4. The number of nitrogens with zero attached hydrogens (tertiary/aromatic N) is 2. The monoisotopic (exact) mass is 478 g/mol. The van der Waals surface area contributed by atoms with E-state index in [2.05, 4.69) is 17.0 Å². The van der Waals surface area contributed by atoms with Crippen molar-refractivity contribution in [2.45, 2.75) is 57.3 Å². The Hall–Kier alpha value is -2.41. The molecule has 3 aliphatic heterocycles. The van der Waals surface area contributed by atoms with E-state index < -0.39 is 17.3 Å². The SMILES string of the molecule is CC(C)(C)OC(=O)N1CCC2C(C1)c1cc(-c3ccc(C(F)(F)F)cc3Cl)cc3c1N2CC3. The van der Waals surface area contributed by atoms with E-state index in [0.29, 0.717) is 24.7 Å². The van der Waals surface area contributed by atoms with Crippen molar-refractivity contribution in [1.29, 1.82) is 0 Å². The lowest BCUT2D eigenvalue weighted by Gasteiger charge is -2.38. The lowest BCUT2D eigenvalue weighted by molar-refractivity contribution is -0.137. The molecule has 2 unspecified atom stereocenters. The summed E-state index contributed by atoms with van der Waals surface area (Å²) in [5, 5.41) is 0.0837. The van der Waals surface area contributed by atoms with E-state index >= 15 is 0 Å². The van der Waals surface area contributed by atoms with Crippen LogP contribution in [0.3, 0.4) is 0 Å². The molecule has 2 atom stereocenters. The van der Waals surface area contributed by atoms with Crippen LogP contribution in [0.5, 0.6) is 0 Å². The number of piperidine rings is 1. The summed E-state index contributed by atoms with van der Waals surface area (Å²) in [7, 11) is 0. The van der Waals surface area contributed by atoms with Gasteiger partial charge in [-0.1, -0.05) is 17.7 Å². The first-order valence-electron chi connectivity index (χ1n) is 11.2. The Kier molecular flexibility index (Phi) is 5.12. The van der Waals surface area contributed by atoms with Crippen LogP contribution >= 0.6 is 11.6 Å². The predicted octanol–water partition coefficient (Wildman–Crippen LogP) is 6.49. The second-order valence-corrected chi connectivity index (χ2v) is 10.5. The van der Waals surface area contributed by atoms with E-state index in [-0.39, 0.29) is 17.0 Å². The quantitative estimate of drug-likeness (QED) is 0.469. The summed E-state index contributed by atoms with van der Waals surface area (Å²) in [6, 6.07) is 7.94. The van der Waals surface area contributed by atoms with Gasteiger partial charge in [-0.3, -0.25) is 0 Å². The number of halogens is 4. The van der Waals surface area contributed by atoms with Gasteiger partial charge < -0.3 is 14.5 Å². The maximum Gasteiger partial charge on any atom is 0.416 e. The summed E-state index contributed by atoms with van der Waals surface area (Å²) in [5.41, 5.74) is 3.66. The fraction of sp³-hybridized carbons (Fsp3) is 0.480. The van der Waals surface area contributed by atoms with Crippen LogP contribution in [0.2, 0.25) is 5.02 Å². The van der Waals surface area contributed by atoms with Crippen LogP contribution in [0.25, 0.3) is 11.1 Å². The molecule has 0 radical (unpaired) electrons. The number of hydrogen-bond acceptors (Lipinski definition) is 3. The van der Waals surface area contributed by atoms with Crippen molar-refractivity contribution < 1.29 is 22.7 Å². The van der Waals surface area contributed by atoms with Crippen molar-refractivity contribution in [2.75, 3.05) is 24.5 Å². The maximum atomic E-state index is 13.1. The first-order valence-corrected chi connectivity index (χ1v) is 11.6. The third-order valence-corrected chi connectivity index (χ3v) is 7.08. The molecule has 1 saturated heterocycles. The highest BCUT2D eigenvalue weighted by Gasteiger charge is 2.46. The largest absolute Gasteiger partial charge is 0.444 e. The van der Waals surface area contributed by atoms with Gasteiger partial charge in [-0.2, -0.15) is 13.2 Å². The average Bonchev–Trinajstić information content (AvgIpc) is 3.27. The number of rotatable bonds is 1. The summed E-state index contributed by atoms with van der Waals surface area (Å²) in [6.45, 7) is 7.69. The van der Waals surface area contributed by atoms with E-state index in [0.717, 1.165) is 42.6 Å². The lowest BCUT2D eigenvalue weighted by atomic mass is 9.86. The maximum absolute atomic E-state index is 13.1. The molecule has 0 bridgehead atoms. The molecule has 33 heavy (non-hydrogen) atoms. The zero-order valence-electron chi connectivity index (χ0n) is 18.8. The predicted molar refractivity (Wildman–Crippen MR) is 122 cm³/mol. The highest BCUT2D eigenvalue weighted by Crippen LogP contribution is 2.51. The topological polar surface area (TPSA) is 32.8 Å². The minimum atomic E-state index is -4.44. The Balaban J connectivity index is 1.49. The van der Waals surface area contributed by atoms with Gasteiger partial charge in [0.1, 0.15) is 5.60 Å². The van der Waals surface area contributed by atoms with Crippen molar-refractivity contribution in [3.05, 3.63) is 52.0 Å². The number of amides is 1. The number of hydrogen-bond donors (Lipinski definition) is 0. The fourth-order valence-electron chi connectivity index (χ4n) is 5.42. The van der Waals surface area contributed by atoms with Crippen LogP contribution < -0.4 is 4.90 Å². The molecule has 0 aromatic heterocycles. The van der Waals surface area contributed by atoms with Crippen molar-refractivity contribution in [1.82, 2.24) is 4.90 Å². The number of alkyl halides is 3. The third-order valence-electron chi connectivity index (χ3n) is 6.76. The van der Waals surface area contributed by atoms with Gasteiger partial charge in [0.25, 0.3) is 0 Å². The highest BCUT2D eigenvalue weighted by atomic mass is 35.5. The molecular formula is C25H26ClF3N2O2. The Morgan fingerprint density at radius 3 is 2.55 bits per heavy atom. The summed E-state index contributed by atoms with van der Waals surface area (Å²) in [4.78, 5) is 16.9. The van der Waals surface area contributed by atoms with Gasteiger partial charge in [0, 0.05) is 47.9 Å². The van der Waals surface area contributed by atoms with Gasteiger partial charge in [-0.05, 0) is 74.6 Å². The van der Waals surface area contributed by atoms with Crippen LogP contribution in [0.15, 0.2) is 30.3 Å². The van der Waals surface area contributed by atoms with Gasteiger partial charge in [0.2, 0.25) is 0 Å². The van der Waals surface area contributed by atoms with Gasteiger partial charge in [0.15, 0.2) is 0 Å². The van der Waals surface area contributed by atoms with Crippen molar-refractivity contribution in [2.24, 2.45) is 0 Å². The van der Waals surface area contributed by atoms with E-state index in [1.807, 2.05) is 20.8 Å². The number of ether oxygens (including phenoxy) is 1. The molecule has 2 aromatic carbocycles. The standard InChI is InChI=1S/C25H26ClF3N2O2/c1-24(2,3)33-23(32)30-8-7-21-19(13-30)18-11-15(10-14-6-9-31(21)22(14)18)17-5-4-16(12-20(17)26)25(27,28)29/h4-5,10-12,19,21H,6-9,13H2,1-3H3. The second-order valence-electron chi connectivity index (χ2n) is 10.1. The molecule has 3 aliphatic rings. The van der Waals surface area contributed by atoms with Crippen LogP contribution in [-0.4, -0.2) is 42.3 Å². The number of fused-ring (bicyclic) bond motifs is 3. The molecule has 3 heterocycles. The second kappa shape index (κ2) is 7.55. The van der Waals surface area contributed by atoms with Gasteiger partial charge in [-0.25, -0.2) is 4.79 Å². The smallest absolute Gasteiger partial charge is 0.416 e. The third kappa shape index (κ3) is 3.94. The zero-order valence-corrected chi connectivity index (χ0v) is 19.6. The molecule has 0 saturated carbocycles. The lowest BCUT2D eigenvalue weighted by Crippen LogP contribution is -2.49. The molecule has 0 aliphatic carbocycles. The van der Waals surface area contributed by atoms with E-state index in [1.165, 1.54) is 17.3 Å². The van der Waals surface area contributed by atoms with E-state index in [1.54, 1.807) is 4.90 Å². The highest BCUT2D eigenvalue weighted by molar-refractivity contribution is 6.33. The Morgan fingerprint density at radius 1 is 1.12 bits per heavy atom. The number of carbonyl (C=O) groups excluding carboxylic acids is 1. The molecule has 4 nitrogen and oxygen atoms in total. The summed E-state index contributed by atoms with van der Waals surface area (Å²) in [5.74, 6) is 0.133. The van der Waals surface area contributed by atoms with Crippen LogP contribution in [0.1, 0.15) is 49.8 Å². The first-order chi connectivity index (χ1) is 15.4. The molecular weight excluding hydrogens is 453 g/mol. The van der Waals surface area contributed by atoms with Crippen LogP contribution in [0.4, 0.5) is 23.7 Å². The minimum Gasteiger partial charge on any atom is -0.444 e. The van der Waals surface area contributed by atoms with E-state index in [9.17, 15) is 18.0 Å². The van der Waals surface area contributed by atoms with Crippen LogP contribution in [-0.2, 0) is 17.3 Å². The van der Waals surface area contributed by atoms with Gasteiger partial charge in [-0.15, -0.1) is 0 Å². The average molecular weight is 479 g/mol. The van der Waals surface area contributed by atoms with Crippen LogP contribution in [0, 0.1) is 0 Å². The Labute approximate surface area is 196 Å². The summed E-state index contributed by atoms with van der Waals surface area (Å²) >= 11 is 6.31. The van der Waals surface area contributed by atoms with Gasteiger partial charge in [0.05, 0.1) is 5.56 Å². The van der Waals surface area contributed by atoms with Crippen molar-refractivity contribution >= 4 is 23.4 Å². The number of benzene rings is 2. The zero-order chi connectivity index (χ0) is 23.7. The number of likely N-dealkylation sites (tertiary alicyclic amines) is 1. The molecule has 176 valence electrons. The molecule has 8 heteroatoms. The molecule has 2 aromatic rings. The molecule has 1 amide bonds. The summed E-state index contributed by atoms with van der Waals surface area (Å²) in [6.07, 6.45) is -2.99. The molecule has 0 N–H and O–H groups in total. The van der Waals surface area contributed by atoms with Crippen molar-refractivity contribution in [3.8, 4) is 11.1 Å². The fourth-order valence-corrected chi connectivity index (χ4v) is 5.71. The molecule has 0 spiro atoms. The molecule has 1 fully saturated rings. The number of carbonyl (C=O) groups is 1. The van der Waals surface area contributed by atoms with E-state index in [4.69, 9.17) is 16.3 Å². The van der Waals surface area contributed by atoms with Gasteiger partial charge >= 0.3 is 12.3 Å². The molecule has 5 rings (SSSR count). The Bertz CT molecular complexity index is 1130.